The second kappa shape index (κ2) is 2.71. The molecule has 0 radical (unpaired) electrons. The summed E-state index contributed by atoms with van der Waals surface area (Å²) in [6.07, 6.45) is 6.98. The molecule has 0 N–H and O–H groups in total. The van der Waals surface area contributed by atoms with Crippen molar-refractivity contribution in [3.8, 4) is 0 Å². The Morgan fingerprint density at radius 3 is 2.73 bits per heavy atom. The standard InChI is InChI=1S/C12H14O3/c1-2-12-8-5-3-7(4-6-8)9(12)10(13)15-11(12)14/h3,5,7-9H,2,4,6H2,1H3. The predicted molar refractivity (Wildman–Crippen MR) is 52.7 cm³/mol. The van der Waals surface area contributed by atoms with Gasteiger partial charge in [0.2, 0.25) is 0 Å². The number of hydrogen-bond donors (Lipinski definition) is 0. The van der Waals surface area contributed by atoms with Crippen LogP contribution >= 0.6 is 0 Å². The van der Waals surface area contributed by atoms with E-state index in [1.54, 1.807) is 0 Å². The Hall–Kier alpha value is -1.12. The molecule has 4 atom stereocenters. The van der Waals surface area contributed by atoms with Gasteiger partial charge in [-0.3, -0.25) is 9.59 Å². The third kappa shape index (κ3) is 0.869. The zero-order valence-electron chi connectivity index (χ0n) is 8.73. The lowest BCUT2D eigenvalue weighted by molar-refractivity contribution is -0.156. The molecule has 0 spiro atoms. The van der Waals surface area contributed by atoms with Gasteiger partial charge in [0.15, 0.2) is 0 Å². The maximum Gasteiger partial charge on any atom is 0.321 e. The molecule has 2 bridgehead atoms. The summed E-state index contributed by atoms with van der Waals surface area (Å²) in [4.78, 5) is 23.6. The fourth-order valence-electron chi connectivity index (χ4n) is 3.70. The number of allylic oxidation sites excluding steroid dienone is 2. The van der Waals surface area contributed by atoms with Gasteiger partial charge in [-0.25, -0.2) is 0 Å². The van der Waals surface area contributed by atoms with Crippen LogP contribution in [0.15, 0.2) is 12.2 Å². The lowest BCUT2D eigenvalue weighted by Crippen LogP contribution is -2.49. The summed E-state index contributed by atoms with van der Waals surface area (Å²) in [5.74, 6) is -0.316. The van der Waals surface area contributed by atoms with E-state index in [1.165, 1.54) is 0 Å². The van der Waals surface area contributed by atoms with Crippen molar-refractivity contribution in [2.24, 2.45) is 23.2 Å². The number of esters is 2. The van der Waals surface area contributed by atoms with Crippen LogP contribution in [0.25, 0.3) is 0 Å². The second-order valence-electron chi connectivity index (χ2n) is 4.81. The van der Waals surface area contributed by atoms with Crippen molar-refractivity contribution in [2.75, 3.05) is 0 Å². The van der Waals surface area contributed by atoms with Crippen molar-refractivity contribution in [1.82, 2.24) is 0 Å². The molecule has 1 saturated carbocycles. The summed E-state index contributed by atoms with van der Waals surface area (Å²) in [6, 6.07) is 0. The fraction of sp³-hybridized carbons (Fsp3) is 0.667. The summed E-state index contributed by atoms with van der Waals surface area (Å²) < 4.78 is 4.87. The van der Waals surface area contributed by atoms with Gasteiger partial charge in [0.05, 0.1) is 11.3 Å². The maximum absolute atomic E-state index is 11.9. The predicted octanol–water partition coefficient (Wildman–Crippen LogP) is 1.68. The first-order valence-electron chi connectivity index (χ1n) is 5.64. The monoisotopic (exact) mass is 206 g/mol. The van der Waals surface area contributed by atoms with Crippen molar-refractivity contribution in [1.29, 1.82) is 0 Å². The minimum Gasteiger partial charge on any atom is -0.392 e. The van der Waals surface area contributed by atoms with E-state index in [1.807, 2.05) is 6.92 Å². The van der Waals surface area contributed by atoms with E-state index in [-0.39, 0.29) is 29.7 Å². The Balaban J connectivity index is 2.16. The Labute approximate surface area is 88.5 Å². The van der Waals surface area contributed by atoms with Crippen LogP contribution < -0.4 is 0 Å². The van der Waals surface area contributed by atoms with Crippen molar-refractivity contribution < 1.29 is 14.3 Å². The van der Waals surface area contributed by atoms with Gasteiger partial charge in [-0.15, -0.1) is 0 Å². The van der Waals surface area contributed by atoms with Crippen LogP contribution in [0.3, 0.4) is 0 Å². The minimum absolute atomic E-state index is 0.196. The van der Waals surface area contributed by atoms with Crippen molar-refractivity contribution >= 4 is 11.9 Å². The molecule has 4 rings (SSSR count). The first-order chi connectivity index (χ1) is 7.20. The third-order valence-corrected chi connectivity index (χ3v) is 4.46. The summed E-state index contributed by atoms with van der Waals surface area (Å²) in [7, 11) is 0. The number of hydrogen-bond acceptors (Lipinski definition) is 3. The smallest absolute Gasteiger partial charge is 0.321 e. The molecule has 0 amide bonds. The fourth-order valence-corrected chi connectivity index (χ4v) is 3.70. The zero-order valence-corrected chi connectivity index (χ0v) is 8.73. The highest BCUT2D eigenvalue weighted by Crippen LogP contribution is 2.58. The molecular weight excluding hydrogens is 192 g/mol. The van der Waals surface area contributed by atoms with Gasteiger partial charge in [0.1, 0.15) is 0 Å². The Bertz CT molecular complexity index is 371. The highest BCUT2D eigenvalue weighted by atomic mass is 16.6. The Morgan fingerprint density at radius 2 is 2.20 bits per heavy atom. The third-order valence-electron chi connectivity index (χ3n) is 4.46. The molecule has 2 fully saturated rings. The summed E-state index contributed by atoms with van der Waals surface area (Å²) in [5.41, 5.74) is -0.519. The van der Waals surface area contributed by atoms with Crippen molar-refractivity contribution in [2.45, 2.75) is 26.2 Å². The number of carbonyl (C=O) groups is 2. The quantitative estimate of drug-likeness (QED) is 0.372. The number of cyclic esters (lactones) is 2. The van der Waals surface area contributed by atoms with E-state index < -0.39 is 5.41 Å². The minimum atomic E-state index is -0.519. The zero-order chi connectivity index (χ0) is 10.6. The summed E-state index contributed by atoms with van der Waals surface area (Å²) in [5, 5.41) is 0. The molecule has 0 aromatic heterocycles. The molecule has 15 heavy (non-hydrogen) atoms. The molecule has 0 aromatic rings. The van der Waals surface area contributed by atoms with E-state index in [0.29, 0.717) is 6.42 Å². The van der Waals surface area contributed by atoms with E-state index in [4.69, 9.17) is 4.74 Å². The lowest BCUT2D eigenvalue weighted by Gasteiger charge is -2.46. The van der Waals surface area contributed by atoms with Crippen molar-refractivity contribution in [3.63, 3.8) is 0 Å². The van der Waals surface area contributed by atoms with Crippen molar-refractivity contribution in [3.05, 3.63) is 12.2 Å². The number of ether oxygens (including phenoxy) is 1. The van der Waals surface area contributed by atoms with Gasteiger partial charge in [-0.2, -0.15) is 0 Å². The van der Waals surface area contributed by atoms with Gasteiger partial charge >= 0.3 is 11.9 Å². The Morgan fingerprint density at radius 1 is 1.40 bits per heavy atom. The van der Waals surface area contributed by atoms with Crippen LogP contribution in [0.5, 0.6) is 0 Å². The highest BCUT2D eigenvalue weighted by molar-refractivity contribution is 6.00. The van der Waals surface area contributed by atoms with Gasteiger partial charge in [-0.1, -0.05) is 19.1 Å². The van der Waals surface area contributed by atoms with Gasteiger partial charge in [-0.05, 0) is 31.1 Å². The first-order valence-corrected chi connectivity index (χ1v) is 5.64. The molecule has 1 heterocycles. The average molecular weight is 206 g/mol. The maximum atomic E-state index is 11.9. The molecular formula is C12H14O3. The molecule has 3 heteroatoms. The number of carbonyl (C=O) groups excluding carboxylic acids is 2. The normalized spacial score (nSPS) is 46.9. The van der Waals surface area contributed by atoms with E-state index in [9.17, 15) is 9.59 Å². The molecule has 4 unspecified atom stereocenters. The summed E-state index contributed by atoms with van der Waals surface area (Å²) >= 11 is 0. The topological polar surface area (TPSA) is 43.4 Å². The molecule has 4 aliphatic rings. The second-order valence-corrected chi connectivity index (χ2v) is 4.81. The first kappa shape index (κ1) is 9.13. The lowest BCUT2D eigenvalue weighted by atomic mass is 9.53. The molecule has 80 valence electrons. The van der Waals surface area contributed by atoms with Crippen LogP contribution in [0.2, 0.25) is 0 Å². The number of rotatable bonds is 1. The largest absolute Gasteiger partial charge is 0.392 e. The Kier molecular flexibility index (Phi) is 1.65. The number of fused-ring (bicyclic) bond motifs is 1. The molecule has 0 aromatic carbocycles. The van der Waals surface area contributed by atoms with Crippen LogP contribution in [-0.4, -0.2) is 11.9 Å². The van der Waals surface area contributed by atoms with Crippen LogP contribution in [0, 0.1) is 23.2 Å². The van der Waals surface area contributed by atoms with E-state index in [2.05, 4.69) is 12.2 Å². The average Bonchev–Trinajstić information content (AvgIpc) is 2.55. The van der Waals surface area contributed by atoms with Gasteiger partial charge in [0, 0.05) is 0 Å². The van der Waals surface area contributed by atoms with Gasteiger partial charge in [0.25, 0.3) is 0 Å². The summed E-state index contributed by atoms with van der Waals surface area (Å²) in [6.45, 7) is 1.99. The molecule has 3 nitrogen and oxygen atoms in total. The van der Waals surface area contributed by atoms with Crippen LogP contribution in [0.1, 0.15) is 26.2 Å². The molecule has 1 aliphatic heterocycles. The van der Waals surface area contributed by atoms with Crippen LogP contribution in [-0.2, 0) is 14.3 Å². The highest BCUT2D eigenvalue weighted by Gasteiger charge is 2.65. The molecule has 3 aliphatic carbocycles. The van der Waals surface area contributed by atoms with E-state index >= 15 is 0 Å². The van der Waals surface area contributed by atoms with Gasteiger partial charge < -0.3 is 4.74 Å². The SMILES string of the molecule is CCC12C(=O)OC(=O)C1C1C=CC2CC1. The van der Waals surface area contributed by atoms with E-state index in [0.717, 1.165) is 12.8 Å². The van der Waals surface area contributed by atoms with Crippen LogP contribution in [0.4, 0.5) is 0 Å². The molecule has 1 saturated heterocycles.